The first-order chi connectivity index (χ1) is 17.5. The van der Waals surface area contributed by atoms with Crippen molar-refractivity contribution in [1.82, 2.24) is 4.57 Å². The van der Waals surface area contributed by atoms with Crippen molar-refractivity contribution in [3.05, 3.63) is 72.1 Å². The molecule has 0 unspecified atom stereocenters. The molecule has 0 saturated carbocycles. The van der Waals surface area contributed by atoms with Crippen molar-refractivity contribution in [2.45, 2.75) is 39.2 Å². The molecule has 0 aliphatic carbocycles. The molecule has 0 atom stereocenters. The molecule has 0 spiro atoms. The average molecular weight is 493 g/mol. The Balaban J connectivity index is 1.98. The smallest absolute Gasteiger partial charge is 0.357 e. The lowest BCUT2D eigenvalue weighted by molar-refractivity contribution is -0.140. The Morgan fingerprint density at radius 3 is 2.25 bits per heavy atom. The van der Waals surface area contributed by atoms with Crippen molar-refractivity contribution >= 4 is 23.5 Å². The Kier molecular flexibility index (Phi) is 9.68. The third-order valence-corrected chi connectivity index (χ3v) is 5.67. The predicted octanol–water partition coefficient (Wildman–Crippen LogP) is 5.06. The van der Waals surface area contributed by atoms with Crippen molar-refractivity contribution in [2.24, 2.45) is 0 Å². The van der Waals surface area contributed by atoms with Gasteiger partial charge in [0.25, 0.3) is 0 Å². The van der Waals surface area contributed by atoms with Crippen molar-refractivity contribution in [3.63, 3.8) is 0 Å². The molecule has 0 fully saturated rings. The standard InChI is InChI=1S/C28H32N2O6/c1-4-36-28(33)27-26(29-24(31)12-8-9-13-25(32)35-3)23(21-14-16-22(34-2)17-15-21)19-30(27)18-20-10-6-5-7-11-20/h5-7,10-11,14-17,19H,4,8-9,12-13,18H2,1-3H3,(H,29,31). The van der Waals surface area contributed by atoms with Crippen molar-refractivity contribution < 1.29 is 28.6 Å². The highest BCUT2D eigenvalue weighted by Gasteiger charge is 2.25. The number of esters is 2. The quantitative estimate of drug-likeness (QED) is 0.280. The van der Waals surface area contributed by atoms with E-state index in [9.17, 15) is 14.4 Å². The molecule has 1 amide bonds. The minimum Gasteiger partial charge on any atom is -0.497 e. The van der Waals surface area contributed by atoms with E-state index in [1.807, 2.05) is 60.8 Å². The maximum atomic E-state index is 13.1. The maximum Gasteiger partial charge on any atom is 0.357 e. The topological polar surface area (TPSA) is 95.9 Å². The number of hydrogen-bond donors (Lipinski definition) is 1. The lowest BCUT2D eigenvalue weighted by Gasteiger charge is -2.12. The molecule has 3 aromatic rings. The van der Waals surface area contributed by atoms with Crippen LogP contribution in [0.15, 0.2) is 60.8 Å². The number of ether oxygens (including phenoxy) is 3. The molecule has 8 nitrogen and oxygen atoms in total. The maximum absolute atomic E-state index is 13.1. The summed E-state index contributed by atoms with van der Waals surface area (Å²) in [7, 11) is 2.93. The molecule has 0 aliphatic rings. The van der Waals surface area contributed by atoms with Crippen LogP contribution in [0.25, 0.3) is 11.1 Å². The molecule has 2 aromatic carbocycles. The monoisotopic (exact) mass is 492 g/mol. The molecule has 0 radical (unpaired) electrons. The zero-order valence-electron chi connectivity index (χ0n) is 20.9. The van der Waals surface area contributed by atoms with Gasteiger partial charge in [-0.1, -0.05) is 42.5 Å². The molecule has 0 bridgehead atoms. The summed E-state index contributed by atoms with van der Waals surface area (Å²) >= 11 is 0. The van der Waals surface area contributed by atoms with Crippen molar-refractivity contribution in [1.29, 1.82) is 0 Å². The molecule has 1 aromatic heterocycles. The Hall–Kier alpha value is -4.07. The Morgan fingerprint density at radius 1 is 0.917 bits per heavy atom. The lowest BCUT2D eigenvalue weighted by atomic mass is 10.1. The van der Waals surface area contributed by atoms with E-state index < -0.39 is 5.97 Å². The summed E-state index contributed by atoms with van der Waals surface area (Å²) in [6.45, 7) is 2.37. The van der Waals surface area contributed by atoms with E-state index in [-0.39, 0.29) is 37.0 Å². The number of rotatable bonds is 12. The first kappa shape index (κ1) is 26.5. The van der Waals surface area contributed by atoms with Crippen LogP contribution in [0.5, 0.6) is 5.75 Å². The van der Waals surface area contributed by atoms with Gasteiger partial charge in [0.2, 0.25) is 5.91 Å². The van der Waals surface area contributed by atoms with Gasteiger partial charge in [-0.3, -0.25) is 9.59 Å². The Morgan fingerprint density at radius 2 is 1.61 bits per heavy atom. The number of aromatic nitrogens is 1. The summed E-state index contributed by atoms with van der Waals surface area (Å²) in [6, 6.07) is 17.2. The molecule has 3 rings (SSSR count). The molecular weight excluding hydrogens is 460 g/mol. The second kappa shape index (κ2) is 13.1. The number of unbranched alkanes of at least 4 members (excludes halogenated alkanes) is 1. The van der Waals surface area contributed by atoms with Crippen LogP contribution in [0.1, 0.15) is 48.7 Å². The largest absolute Gasteiger partial charge is 0.497 e. The van der Waals surface area contributed by atoms with Gasteiger partial charge in [-0.25, -0.2) is 4.79 Å². The van der Waals surface area contributed by atoms with Crippen LogP contribution >= 0.6 is 0 Å². The molecule has 0 aliphatic heterocycles. The summed E-state index contributed by atoms with van der Waals surface area (Å²) in [5.74, 6) is -0.379. The van der Waals surface area contributed by atoms with E-state index in [0.29, 0.717) is 36.4 Å². The van der Waals surface area contributed by atoms with Crippen LogP contribution in [0.2, 0.25) is 0 Å². The number of nitrogens with one attached hydrogen (secondary N) is 1. The summed E-state index contributed by atoms with van der Waals surface area (Å²) in [5.41, 5.74) is 3.18. The third kappa shape index (κ3) is 6.97. The summed E-state index contributed by atoms with van der Waals surface area (Å²) in [4.78, 5) is 37.4. The summed E-state index contributed by atoms with van der Waals surface area (Å²) in [5, 5.41) is 2.95. The first-order valence-electron chi connectivity index (χ1n) is 11.9. The third-order valence-electron chi connectivity index (χ3n) is 5.67. The number of nitrogens with zero attached hydrogens (tertiary/aromatic N) is 1. The van der Waals surface area contributed by atoms with Gasteiger partial charge in [0, 0.05) is 31.1 Å². The lowest BCUT2D eigenvalue weighted by Crippen LogP contribution is -2.18. The zero-order valence-corrected chi connectivity index (χ0v) is 20.9. The normalized spacial score (nSPS) is 10.5. The van der Waals surface area contributed by atoms with Crippen LogP contribution in [0, 0.1) is 0 Å². The van der Waals surface area contributed by atoms with E-state index in [2.05, 4.69) is 10.1 Å². The molecule has 8 heteroatoms. The number of anilines is 1. The van der Waals surface area contributed by atoms with Gasteiger partial charge in [-0.05, 0) is 43.0 Å². The van der Waals surface area contributed by atoms with Crippen molar-refractivity contribution in [2.75, 3.05) is 26.1 Å². The second-order valence-corrected chi connectivity index (χ2v) is 8.16. The number of benzene rings is 2. The second-order valence-electron chi connectivity index (χ2n) is 8.16. The van der Waals surface area contributed by atoms with Gasteiger partial charge >= 0.3 is 11.9 Å². The minimum atomic E-state index is -0.519. The highest BCUT2D eigenvalue weighted by Crippen LogP contribution is 2.35. The molecule has 0 saturated heterocycles. The van der Waals surface area contributed by atoms with Gasteiger partial charge < -0.3 is 24.1 Å². The van der Waals surface area contributed by atoms with Gasteiger partial charge in [-0.15, -0.1) is 0 Å². The van der Waals surface area contributed by atoms with E-state index in [0.717, 1.165) is 11.1 Å². The zero-order chi connectivity index (χ0) is 25.9. The van der Waals surface area contributed by atoms with E-state index >= 15 is 0 Å². The van der Waals surface area contributed by atoms with Gasteiger partial charge in [0.05, 0.1) is 26.5 Å². The predicted molar refractivity (Wildman–Crippen MR) is 137 cm³/mol. The first-order valence-corrected chi connectivity index (χ1v) is 11.9. The number of carbonyl (C=O) groups is 3. The molecule has 1 heterocycles. The molecule has 190 valence electrons. The van der Waals surface area contributed by atoms with Crippen LogP contribution in [0.4, 0.5) is 5.69 Å². The van der Waals surface area contributed by atoms with Gasteiger partial charge in [0.1, 0.15) is 5.75 Å². The fourth-order valence-electron chi connectivity index (χ4n) is 3.85. The van der Waals surface area contributed by atoms with Gasteiger partial charge in [-0.2, -0.15) is 0 Å². The van der Waals surface area contributed by atoms with Crippen LogP contribution in [-0.4, -0.2) is 43.2 Å². The van der Waals surface area contributed by atoms with E-state index in [1.54, 1.807) is 18.6 Å². The minimum absolute atomic E-state index is 0.200. The number of carbonyl (C=O) groups excluding carboxylic acids is 3. The number of hydrogen-bond acceptors (Lipinski definition) is 6. The summed E-state index contributed by atoms with van der Waals surface area (Å²) in [6.07, 6.45) is 3.35. The van der Waals surface area contributed by atoms with Crippen LogP contribution in [0.3, 0.4) is 0 Å². The average Bonchev–Trinajstić information content (AvgIpc) is 3.24. The molecule has 36 heavy (non-hydrogen) atoms. The van der Waals surface area contributed by atoms with Gasteiger partial charge in [0.15, 0.2) is 5.69 Å². The fourth-order valence-corrected chi connectivity index (χ4v) is 3.85. The van der Waals surface area contributed by atoms with Crippen LogP contribution < -0.4 is 10.1 Å². The highest BCUT2D eigenvalue weighted by atomic mass is 16.5. The SMILES string of the molecule is CCOC(=O)c1c(NC(=O)CCCCC(=O)OC)c(-c2ccc(OC)cc2)cn1Cc1ccccc1. The Labute approximate surface area is 211 Å². The molecule has 1 N–H and O–H groups in total. The number of amides is 1. The van der Waals surface area contributed by atoms with Crippen molar-refractivity contribution in [3.8, 4) is 16.9 Å². The number of methoxy groups -OCH3 is 2. The van der Waals surface area contributed by atoms with E-state index in [4.69, 9.17) is 9.47 Å². The Bertz CT molecular complexity index is 1170. The van der Waals surface area contributed by atoms with Crippen LogP contribution in [-0.2, 0) is 25.6 Å². The highest BCUT2D eigenvalue weighted by molar-refractivity contribution is 6.05. The molecular formula is C28H32N2O6. The summed E-state index contributed by atoms with van der Waals surface area (Å²) < 4.78 is 17.1. The van der Waals surface area contributed by atoms with E-state index in [1.165, 1.54) is 7.11 Å². The fraction of sp³-hybridized carbons (Fsp3) is 0.321.